The Kier molecular flexibility index (Phi) is 17.3. The number of para-hydroxylation sites is 2. The Bertz CT molecular complexity index is 3640. The number of hydrogen-bond acceptors (Lipinski definition) is 9. The Labute approximate surface area is 470 Å². The standard InChI is InChI=1S/C68H72N8O4/c1-45-37-57-63(79-65-43-61(47(3)39-59(65)73-57)75(5)53-21-13-11-14-22-53)41-55(45)69-33-17-7-9-19-35-71-67(77)51-29-25-49(26-30-51)50-27-31-52(32-28-50)68(78)72-36-20-10-8-18-34-70-56-42-64-58(38-46(56)2)74-60-40-48(4)62(44-66(60)80-64)76(6)54-23-15-12-16-24-54/h11-16,21-32,37-44,61,69H,7-10,17-20,33-36H2,1-6H3,(H2,71,72,77,78)/p+1. The van der Waals surface area contributed by atoms with Crippen molar-refractivity contribution >= 4 is 57.1 Å². The van der Waals surface area contributed by atoms with Gasteiger partial charge in [0.15, 0.2) is 22.9 Å². The Hall–Kier alpha value is -8.77. The van der Waals surface area contributed by atoms with Crippen LogP contribution in [-0.2, 0) is 0 Å². The quantitative estimate of drug-likeness (QED) is 0.0299. The van der Waals surface area contributed by atoms with Gasteiger partial charge in [0.1, 0.15) is 29.7 Å². The molecule has 0 spiro atoms. The Morgan fingerprint density at radius 1 is 0.613 bits per heavy atom. The number of carbonyl (C=O) groups excluding carboxylic acids is 2. The van der Waals surface area contributed by atoms with E-state index in [1.165, 1.54) is 5.57 Å². The summed E-state index contributed by atoms with van der Waals surface area (Å²) in [4.78, 5) is 38.2. The van der Waals surface area contributed by atoms with Crippen molar-refractivity contribution in [2.45, 2.75) is 85.1 Å². The van der Waals surface area contributed by atoms with Crippen molar-refractivity contribution in [2.24, 2.45) is 4.99 Å². The molecular formula is C68H73N8O4+. The van der Waals surface area contributed by atoms with Gasteiger partial charge in [0.2, 0.25) is 11.0 Å². The number of aryl methyl sites for hydroxylation is 3. The Balaban J connectivity index is 0.595. The number of aliphatic imine (C=N–C) groups is 1. The first-order valence-electron chi connectivity index (χ1n) is 28.3. The van der Waals surface area contributed by atoms with Crippen LogP contribution in [0.2, 0.25) is 0 Å². The van der Waals surface area contributed by atoms with E-state index in [0.717, 1.165) is 166 Å². The minimum Gasteiger partial charge on any atom is -0.453 e. The van der Waals surface area contributed by atoms with Gasteiger partial charge in [-0.3, -0.25) is 9.59 Å². The number of hydrogen-bond donors (Lipinski definition) is 4. The smallest absolute Gasteiger partial charge is 0.251 e. The van der Waals surface area contributed by atoms with Crippen molar-refractivity contribution in [3.05, 3.63) is 202 Å². The molecule has 4 N–H and O–H groups in total. The molecule has 0 fully saturated rings. The summed E-state index contributed by atoms with van der Waals surface area (Å²) in [5.74, 6) is 2.15. The zero-order valence-corrected chi connectivity index (χ0v) is 47.0. The van der Waals surface area contributed by atoms with Crippen LogP contribution >= 0.6 is 0 Å². The van der Waals surface area contributed by atoms with Gasteiger partial charge in [0, 0.05) is 91.2 Å². The highest BCUT2D eigenvalue weighted by Gasteiger charge is 2.28. The number of unbranched alkanes of at least 4 members (excludes halogenated alkanes) is 6. The molecule has 0 radical (unpaired) electrons. The Morgan fingerprint density at radius 3 is 1.79 bits per heavy atom. The number of anilines is 3. The first-order valence-corrected chi connectivity index (χ1v) is 28.3. The predicted molar refractivity (Wildman–Crippen MR) is 327 cm³/mol. The van der Waals surface area contributed by atoms with Gasteiger partial charge in [-0.25, -0.2) is 9.98 Å². The SMILES string of the molecule is CC1=CC2=Nc3cc(C)c(NCCCCCCNC(=O)c4ccc(-c5ccc(C(=O)NCCCCCCNc6cc7oc8c/c(=[N+](/C)c9ccccc9)c(C)cc-8nc7cc6C)cc5)cc4)cc3OC2=CC1N(C)c1ccccc1. The topological polar surface area (TPSA) is 136 Å². The van der Waals surface area contributed by atoms with Crippen LogP contribution in [0.5, 0.6) is 5.75 Å². The molecular weight excluding hydrogens is 993 g/mol. The molecule has 6 aromatic rings. The lowest BCUT2D eigenvalue weighted by Crippen LogP contribution is -2.35. The minimum atomic E-state index is -0.0753. The summed E-state index contributed by atoms with van der Waals surface area (Å²) in [6.45, 7) is 11.4. The zero-order chi connectivity index (χ0) is 55.5. The average Bonchev–Trinajstić information content (AvgIpc) is 3.48. The number of likely N-dealkylation sites (N-methyl/N-ethyl adjacent to an activating group) is 1. The maximum atomic E-state index is 13.0. The van der Waals surface area contributed by atoms with E-state index in [-0.39, 0.29) is 17.9 Å². The summed E-state index contributed by atoms with van der Waals surface area (Å²) in [5.41, 5.74) is 16.3. The highest BCUT2D eigenvalue weighted by atomic mass is 16.5. The molecule has 2 heterocycles. The summed E-state index contributed by atoms with van der Waals surface area (Å²) < 4.78 is 15.1. The van der Waals surface area contributed by atoms with Crippen LogP contribution in [0, 0.1) is 20.8 Å². The molecule has 10 rings (SSSR count). The number of rotatable bonds is 22. The van der Waals surface area contributed by atoms with E-state index in [4.69, 9.17) is 19.1 Å². The third-order valence-corrected chi connectivity index (χ3v) is 15.3. The number of amides is 2. The lowest BCUT2D eigenvalue weighted by atomic mass is 9.96. The lowest BCUT2D eigenvalue weighted by molar-refractivity contribution is 0.0944. The summed E-state index contributed by atoms with van der Waals surface area (Å²) in [6, 6.07) is 48.6. The summed E-state index contributed by atoms with van der Waals surface area (Å²) in [6.07, 6.45) is 12.3. The largest absolute Gasteiger partial charge is 0.453 e. The van der Waals surface area contributed by atoms with Gasteiger partial charge in [-0.05, 0) is 148 Å². The normalized spacial score (nSPS) is 14.0. The van der Waals surface area contributed by atoms with Crippen molar-refractivity contribution < 1.29 is 18.7 Å². The van der Waals surface area contributed by atoms with Crippen LogP contribution in [-0.4, -0.2) is 68.8 Å². The van der Waals surface area contributed by atoms with Crippen LogP contribution < -0.4 is 40.8 Å². The second-order valence-electron chi connectivity index (χ2n) is 21.2. The molecule has 12 heteroatoms. The molecule has 0 saturated heterocycles. The summed E-state index contributed by atoms with van der Waals surface area (Å²) >= 11 is 0. The first-order chi connectivity index (χ1) is 38.9. The number of ether oxygens (including phenoxy) is 1. The molecule has 0 bridgehead atoms. The average molecular weight is 1070 g/mol. The van der Waals surface area contributed by atoms with Gasteiger partial charge in [-0.15, -0.1) is 0 Å². The molecule has 2 aliphatic carbocycles. The van der Waals surface area contributed by atoms with Crippen molar-refractivity contribution in [2.75, 3.05) is 55.8 Å². The molecule has 1 atom stereocenters. The van der Waals surface area contributed by atoms with E-state index in [1.54, 1.807) is 0 Å². The van der Waals surface area contributed by atoms with E-state index in [9.17, 15) is 9.59 Å². The molecule has 12 nitrogen and oxygen atoms in total. The number of nitrogens with one attached hydrogen (secondary N) is 4. The number of allylic oxidation sites excluding steroid dienone is 1. The molecule has 0 aromatic heterocycles. The van der Waals surface area contributed by atoms with Crippen molar-refractivity contribution in [1.82, 2.24) is 20.2 Å². The molecule has 6 aromatic carbocycles. The first kappa shape index (κ1) is 54.6. The fourth-order valence-electron chi connectivity index (χ4n) is 10.6. The van der Waals surface area contributed by atoms with Gasteiger partial charge < -0.3 is 35.3 Å². The van der Waals surface area contributed by atoms with Crippen LogP contribution in [0.25, 0.3) is 33.7 Å². The van der Waals surface area contributed by atoms with Gasteiger partial charge in [-0.1, -0.05) is 86.3 Å². The van der Waals surface area contributed by atoms with Crippen LogP contribution in [0.4, 0.5) is 28.4 Å². The van der Waals surface area contributed by atoms with Gasteiger partial charge in [0.05, 0.1) is 12.1 Å². The van der Waals surface area contributed by atoms with Crippen LogP contribution in [0.1, 0.15) is 95.7 Å². The van der Waals surface area contributed by atoms with Gasteiger partial charge in [0.25, 0.3) is 11.8 Å². The number of benzene rings is 7. The number of nitrogens with zero attached hydrogens (tertiary/aromatic N) is 4. The van der Waals surface area contributed by atoms with E-state index >= 15 is 0 Å². The van der Waals surface area contributed by atoms with Crippen molar-refractivity contribution in [1.29, 1.82) is 0 Å². The van der Waals surface area contributed by atoms with Crippen molar-refractivity contribution in [3.63, 3.8) is 0 Å². The fourth-order valence-corrected chi connectivity index (χ4v) is 10.6. The second-order valence-corrected chi connectivity index (χ2v) is 21.2. The fraction of sp³-hybridized carbons (Fsp3) is 0.279. The van der Waals surface area contributed by atoms with Crippen LogP contribution in [0.3, 0.4) is 0 Å². The molecule has 4 aliphatic rings. The van der Waals surface area contributed by atoms with Gasteiger partial charge >= 0.3 is 0 Å². The monoisotopic (exact) mass is 1070 g/mol. The van der Waals surface area contributed by atoms with Crippen LogP contribution in [0.15, 0.2) is 178 Å². The lowest BCUT2D eigenvalue weighted by Gasteiger charge is -2.33. The Morgan fingerprint density at radius 2 is 1.18 bits per heavy atom. The number of aromatic nitrogens is 1. The van der Waals surface area contributed by atoms with E-state index in [0.29, 0.717) is 24.2 Å². The van der Waals surface area contributed by atoms with Crippen molar-refractivity contribution in [3.8, 4) is 28.3 Å². The summed E-state index contributed by atoms with van der Waals surface area (Å²) in [5, 5.41) is 14.5. The van der Waals surface area contributed by atoms with E-state index in [2.05, 4.69) is 157 Å². The molecule has 2 aliphatic heterocycles. The molecule has 1 unspecified atom stereocenters. The molecule has 2 amide bonds. The van der Waals surface area contributed by atoms with E-state index in [1.807, 2.05) is 72.8 Å². The zero-order valence-electron chi connectivity index (χ0n) is 47.0. The maximum Gasteiger partial charge on any atom is 0.251 e. The highest BCUT2D eigenvalue weighted by Crippen LogP contribution is 2.40. The second kappa shape index (κ2) is 25.4. The molecule has 408 valence electrons. The number of fused-ring (bicyclic) bond motifs is 4. The molecule has 80 heavy (non-hydrogen) atoms. The third kappa shape index (κ3) is 13.0. The molecule has 0 saturated carbocycles. The predicted octanol–water partition coefficient (Wildman–Crippen LogP) is 13.9. The van der Waals surface area contributed by atoms with Gasteiger partial charge in [-0.2, -0.15) is 4.58 Å². The highest BCUT2D eigenvalue weighted by molar-refractivity contribution is 6.11. The minimum absolute atomic E-state index is 0.0746. The van der Waals surface area contributed by atoms with E-state index < -0.39 is 0 Å². The maximum absolute atomic E-state index is 13.0. The third-order valence-electron chi connectivity index (χ3n) is 15.3. The number of carbonyl (C=O) groups is 2. The summed E-state index contributed by atoms with van der Waals surface area (Å²) in [7, 11) is 4.18.